The molecule has 1 unspecified atom stereocenters. The Balaban J connectivity index is 1.93. The molecule has 0 radical (unpaired) electrons. The Morgan fingerprint density at radius 2 is 1.89 bits per heavy atom. The van der Waals surface area contributed by atoms with Crippen molar-refractivity contribution >= 4 is 10.9 Å². The van der Waals surface area contributed by atoms with E-state index in [0.29, 0.717) is 0 Å². The van der Waals surface area contributed by atoms with Crippen molar-refractivity contribution in [3.05, 3.63) is 41.9 Å². The van der Waals surface area contributed by atoms with Gasteiger partial charge in [0.25, 0.3) is 0 Å². The molecule has 1 aromatic carbocycles. The summed E-state index contributed by atoms with van der Waals surface area (Å²) in [7, 11) is 1.69. The van der Waals surface area contributed by atoms with Crippen LogP contribution in [0.3, 0.4) is 0 Å². The molecule has 7 heteroatoms. The number of fused-ring (bicyclic) bond motifs is 1. The molecule has 7 nitrogen and oxygen atoms in total. The number of ether oxygens (including phenoxy) is 1. The van der Waals surface area contributed by atoms with Gasteiger partial charge in [-0.1, -0.05) is 0 Å². The Morgan fingerprint density at radius 3 is 2.59 bits per heavy atom. The first-order valence-electron chi connectivity index (χ1n) is 9.44. The topological polar surface area (TPSA) is 69.0 Å². The van der Waals surface area contributed by atoms with Crippen molar-refractivity contribution in [3.63, 3.8) is 0 Å². The number of nitrogens with zero attached hydrogens (tertiary/aromatic N) is 6. The van der Waals surface area contributed by atoms with Crippen LogP contribution in [0.2, 0.25) is 0 Å². The number of pyridine rings is 1. The third-order valence-electron chi connectivity index (χ3n) is 5.16. The third kappa shape index (κ3) is 3.27. The molecule has 0 spiro atoms. The van der Waals surface area contributed by atoms with Crippen molar-refractivity contribution in [2.45, 2.75) is 45.2 Å². The zero-order chi connectivity index (χ0) is 19.0. The quantitative estimate of drug-likeness (QED) is 0.706. The number of rotatable bonds is 4. The van der Waals surface area contributed by atoms with E-state index >= 15 is 0 Å². The molecule has 1 atom stereocenters. The number of tetrazole rings is 1. The zero-order valence-electron chi connectivity index (χ0n) is 16.4. The maximum absolute atomic E-state index is 5.46. The Labute approximate surface area is 159 Å². The summed E-state index contributed by atoms with van der Waals surface area (Å²) in [5, 5.41) is 13.9. The lowest BCUT2D eigenvalue weighted by atomic mass is 9.99. The minimum absolute atomic E-state index is 0.0145. The van der Waals surface area contributed by atoms with Crippen molar-refractivity contribution < 1.29 is 4.74 Å². The summed E-state index contributed by atoms with van der Waals surface area (Å²) in [6, 6.07) is 8.09. The fourth-order valence-electron chi connectivity index (χ4n) is 3.85. The van der Waals surface area contributed by atoms with Gasteiger partial charge in [0.1, 0.15) is 5.75 Å². The summed E-state index contributed by atoms with van der Waals surface area (Å²) in [4.78, 5) is 7.02. The van der Waals surface area contributed by atoms with Gasteiger partial charge in [0, 0.05) is 11.6 Å². The molecule has 2 aromatic heterocycles. The van der Waals surface area contributed by atoms with Gasteiger partial charge in [-0.2, -0.15) is 0 Å². The Hall–Kier alpha value is -2.54. The lowest BCUT2D eigenvalue weighted by Gasteiger charge is -2.30. The van der Waals surface area contributed by atoms with Crippen LogP contribution in [-0.4, -0.2) is 50.3 Å². The van der Waals surface area contributed by atoms with E-state index in [1.165, 1.54) is 18.4 Å². The molecule has 0 bridgehead atoms. The molecule has 3 heterocycles. The number of methoxy groups -OCH3 is 1. The number of likely N-dealkylation sites (tertiary alicyclic amines) is 1. The summed E-state index contributed by atoms with van der Waals surface area (Å²) in [5.74, 6) is 1.70. The molecule has 0 saturated carbocycles. The highest BCUT2D eigenvalue weighted by Gasteiger charge is 2.33. The second-order valence-corrected chi connectivity index (χ2v) is 8.05. The van der Waals surface area contributed by atoms with Crippen molar-refractivity contribution in [3.8, 4) is 5.75 Å². The monoisotopic (exact) mass is 366 g/mol. The highest BCUT2D eigenvalue weighted by atomic mass is 16.5. The molecule has 4 rings (SSSR count). The first-order valence-corrected chi connectivity index (χ1v) is 9.44. The third-order valence-corrected chi connectivity index (χ3v) is 5.16. The normalized spacial score (nSPS) is 16.7. The van der Waals surface area contributed by atoms with E-state index < -0.39 is 0 Å². The number of hydrogen-bond donors (Lipinski definition) is 0. The Kier molecular flexibility index (Phi) is 4.55. The van der Waals surface area contributed by atoms with Crippen molar-refractivity contribution in [1.82, 2.24) is 30.1 Å². The maximum atomic E-state index is 5.46. The van der Waals surface area contributed by atoms with Crippen LogP contribution in [0.25, 0.3) is 10.9 Å². The van der Waals surface area contributed by atoms with Gasteiger partial charge in [0.2, 0.25) is 0 Å². The predicted molar refractivity (Wildman–Crippen MR) is 104 cm³/mol. The van der Waals surface area contributed by atoms with Crippen molar-refractivity contribution in [2.75, 3.05) is 20.2 Å². The number of aromatic nitrogens is 5. The molecular weight excluding hydrogens is 340 g/mol. The molecule has 27 heavy (non-hydrogen) atoms. The van der Waals surface area contributed by atoms with Gasteiger partial charge < -0.3 is 4.74 Å². The van der Waals surface area contributed by atoms with Gasteiger partial charge in [0.15, 0.2) is 5.82 Å². The molecule has 1 aliphatic heterocycles. The van der Waals surface area contributed by atoms with Crippen LogP contribution in [0.1, 0.15) is 51.0 Å². The van der Waals surface area contributed by atoms with Gasteiger partial charge >= 0.3 is 0 Å². The number of hydrogen-bond acceptors (Lipinski definition) is 6. The first kappa shape index (κ1) is 17.9. The molecule has 3 aromatic rings. The fraction of sp³-hybridized carbons (Fsp3) is 0.500. The standard InChI is InChI=1S/C20H26N6O/c1-20(2,3)26-19(22-23-24-26)18(25-11-5-6-12-25)15-9-10-21-17-8-7-14(27-4)13-16(15)17/h7-10,13,18H,5-6,11-12H2,1-4H3. The van der Waals surface area contributed by atoms with Crippen molar-refractivity contribution in [1.29, 1.82) is 0 Å². The van der Waals surface area contributed by atoms with Crippen LogP contribution in [0, 0.1) is 0 Å². The Bertz CT molecular complexity index is 939. The summed E-state index contributed by atoms with van der Waals surface area (Å²) in [5.41, 5.74) is 1.92. The Morgan fingerprint density at radius 1 is 1.11 bits per heavy atom. The smallest absolute Gasteiger partial charge is 0.173 e. The van der Waals surface area contributed by atoms with Crippen LogP contribution < -0.4 is 4.74 Å². The molecule has 1 fully saturated rings. The highest BCUT2D eigenvalue weighted by Crippen LogP contribution is 2.36. The molecular formula is C20H26N6O. The molecule has 0 N–H and O–H groups in total. The van der Waals surface area contributed by atoms with E-state index in [4.69, 9.17) is 4.74 Å². The summed E-state index contributed by atoms with van der Waals surface area (Å²) in [6.07, 6.45) is 4.26. The van der Waals surface area contributed by atoms with Crippen LogP contribution in [0.15, 0.2) is 30.5 Å². The summed E-state index contributed by atoms with van der Waals surface area (Å²) < 4.78 is 7.41. The minimum Gasteiger partial charge on any atom is -0.497 e. The van der Waals surface area contributed by atoms with E-state index in [9.17, 15) is 0 Å². The average Bonchev–Trinajstić information content (AvgIpc) is 3.34. The summed E-state index contributed by atoms with van der Waals surface area (Å²) in [6.45, 7) is 8.45. The van der Waals surface area contributed by atoms with Crippen LogP contribution in [-0.2, 0) is 5.54 Å². The fourth-order valence-corrected chi connectivity index (χ4v) is 3.85. The van der Waals surface area contributed by atoms with Gasteiger partial charge in [-0.3, -0.25) is 9.88 Å². The molecule has 0 amide bonds. The van der Waals surface area contributed by atoms with Gasteiger partial charge in [0.05, 0.1) is 24.2 Å². The van der Waals surface area contributed by atoms with Crippen LogP contribution in [0.5, 0.6) is 5.75 Å². The van der Waals surface area contributed by atoms with Crippen LogP contribution in [0.4, 0.5) is 0 Å². The SMILES string of the molecule is COc1ccc2nccc(C(c3nnnn3C(C)(C)C)N3CCCC3)c2c1. The van der Waals surface area contributed by atoms with Gasteiger partial charge in [-0.05, 0) is 87.0 Å². The van der Waals surface area contributed by atoms with Gasteiger partial charge in [-0.25, -0.2) is 4.68 Å². The average molecular weight is 366 g/mol. The van der Waals surface area contributed by atoms with E-state index in [0.717, 1.165) is 35.6 Å². The summed E-state index contributed by atoms with van der Waals surface area (Å²) >= 11 is 0. The second kappa shape index (κ2) is 6.88. The molecule has 0 aliphatic carbocycles. The predicted octanol–water partition coefficient (Wildman–Crippen LogP) is 3.17. The largest absolute Gasteiger partial charge is 0.497 e. The first-order chi connectivity index (χ1) is 13.0. The van der Waals surface area contributed by atoms with Gasteiger partial charge in [-0.15, -0.1) is 5.10 Å². The molecule has 1 saturated heterocycles. The van der Waals surface area contributed by atoms with E-state index in [-0.39, 0.29) is 11.6 Å². The van der Waals surface area contributed by atoms with E-state index in [2.05, 4.69) is 58.3 Å². The zero-order valence-corrected chi connectivity index (χ0v) is 16.4. The second-order valence-electron chi connectivity index (χ2n) is 8.05. The van der Waals surface area contributed by atoms with Crippen molar-refractivity contribution in [2.24, 2.45) is 0 Å². The van der Waals surface area contributed by atoms with E-state index in [1.807, 2.05) is 23.0 Å². The minimum atomic E-state index is -0.197. The lowest BCUT2D eigenvalue weighted by Crippen LogP contribution is -2.33. The van der Waals surface area contributed by atoms with Crippen LogP contribution >= 0.6 is 0 Å². The maximum Gasteiger partial charge on any atom is 0.173 e. The molecule has 142 valence electrons. The van der Waals surface area contributed by atoms with E-state index in [1.54, 1.807) is 7.11 Å². The lowest BCUT2D eigenvalue weighted by molar-refractivity contribution is 0.243. The highest BCUT2D eigenvalue weighted by molar-refractivity contribution is 5.84. The number of benzene rings is 1. The molecule has 1 aliphatic rings.